The van der Waals surface area contributed by atoms with E-state index in [2.05, 4.69) is 5.32 Å². The van der Waals surface area contributed by atoms with Gasteiger partial charge in [-0.15, -0.1) is 11.8 Å². The SMILES string of the molecule is O=C(Nc1ccccc1F)C1CSC(c2ccc(F)cc2)N1C(=O)c1ccccc1Cl. The lowest BCUT2D eigenvalue weighted by molar-refractivity contribution is -0.119. The summed E-state index contributed by atoms with van der Waals surface area (Å²) in [6.45, 7) is 0. The number of carbonyl (C=O) groups excluding carboxylic acids is 2. The minimum absolute atomic E-state index is 0.0351. The third-order valence-corrected chi connectivity index (χ3v) is 6.58. The van der Waals surface area contributed by atoms with Gasteiger partial charge in [-0.05, 0) is 42.0 Å². The number of nitrogens with one attached hydrogen (secondary N) is 1. The van der Waals surface area contributed by atoms with Gasteiger partial charge in [0, 0.05) is 5.75 Å². The molecular weight excluding hydrogens is 442 g/mol. The number of hydrogen-bond donors (Lipinski definition) is 1. The Kier molecular flexibility index (Phi) is 6.25. The number of thioether (sulfide) groups is 1. The smallest absolute Gasteiger partial charge is 0.257 e. The summed E-state index contributed by atoms with van der Waals surface area (Å²) in [6.07, 6.45) is 0. The molecule has 1 N–H and O–H groups in total. The Labute approximate surface area is 187 Å². The molecule has 4 nitrogen and oxygen atoms in total. The van der Waals surface area contributed by atoms with Crippen LogP contribution in [0.2, 0.25) is 5.02 Å². The van der Waals surface area contributed by atoms with Crippen LogP contribution in [0.5, 0.6) is 0 Å². The van der Waals surface area contributed by atoms with E-state index >= 15 is 0 Å². The molecule has 0 aromatic heterocycles. The Bertz CT molecular complexity index is 1130. The van der Waals surface area contributed by atoms with Crippen LogP contribution in [0.25, 0.3) is 0 Å². The second kappa shape index (κ2) is 9.08. The van der Waals surface area contributed by atoms with E-state index in [-0.39, 0.29) is 16.3 Å². The van der Waals surface area contributed by atoms with Crippen molar-refractivity contribution in [2.24, 2.45) is 0 Å². The minimum atomic E-state index is -0.872. The highest BCUT2D eigenvalue weighted by Crippen LogP contribution is 2.43. The van der Waals surface area contributed by atoms with Crippen LogP contribution in [0.3, 0.4) is 0 Å². The summed E-state index contributed by atoms with van der Waals surface area (Å²) in [6, 6.07) is 17.3. The molecule has 2 unspecified atom stereocenters. The molecule has 2 atom stereocenters. The third-order valence-electron chi connectivity index (χ3n) is 4.93. The van der Waals surface area contributed by atoms with Gasteiger partial charge in [-0.1, -0.05) is 48.0 Å². The molecule has 3 aromatic rings. The summed E-state index contributed by atoms with van der Waals surface area (Å²) < 4.78 is 27.5. The van der Waals surface area contributed by atoms with Crippen molar-refractivity contribution in [3.05, 3.63) is 101 Å². The monoisotopic (exact) mass is 458 g/mol. The van der Waals surface area contributed by atoms with Crippen LogP contribution in [0.1, 0.15) is 21.3 Å². The first-order valence-corrected chi connectivity index (χ1v) is 10.9. The first-order chi connectivity index (χ1) is 15.0. The summed E-state index contributed by atoms with van der Waals surface area (Å²) in [5, 5.41) is 2.30. The molecule has 8 heteroatoms. The first-order valence-electron chi connectivity index (χ1n) is 9.45. The molecule has 4 rings (SSSR count). The van der Waals surface area contributed by atoms with E-state index in [1.165, 1.54) is 47.0 Å². The predicted octanol–water partition coefficient (Wildman–Crippen LogP) is 5.51. The molecule has 158 valence electrons. The maximum Gasteiger partial charge on any atom is 0.257 e. The van der Waals surface area contributed by atoms with Crippen molar-refractivity contribution in [1.82, 2.24) is 4.90 Å². The van der Waals surface area contributed by atoms with Crippen molar-refractivity contribution in [1.29, 1.82) is 0 Å². The highest BCUT2D eigenvalue weighted by Gasteiger charge is 2.43. The van der Waals surface area contributed by atoms with Crippen molar-refractivity contribution < 1.29 is 18.4 Å². The predicted molar refractivity (Wildman–Crippen MR) is 118 cm³/mol. The van der Waals surface area contributed by atoms with E-state index in [1.54, 1.807) is 42.5 Å². The number of rotatable bonds is 4. The molecule has 1 aliphatic heterocycles. The Morgan fingerprint density at radius 2 is 1.65 bits per heavy atom. The fraction of sp³-hybridized carbons (Fsp3) is 0.130. The summed E-state index contributed by atoms with van der Waals surface area (Å²) in [4.78, 5) is 27.9. The molecule has 1 saturated heterocycles. The highest BCUT2D eigenvalue weighted by molar-refractivity contribution is 7.99. The molecule has 0 saturated carbocycles. The molecule has 1 aliphatic rings. The molecule has 1 heterocycles. The molecule has 2 amide bonds. The van der Waals surface area contributed by atoms with Gasteiger partial charge in [0.05, 0.1) is 16.3 Å². The summed E-state index contributed by atoms with van der Waals surface area (Å²) in [7, 11) is 0. The van der Waals surface area contributed by atoms with Gasteiger partial charge in [-0.2, -0.15) is 0 Å². The second-order valence-corrected chi connectivity index (χ2v) is 8.43. The lowest BCUT2D eigenvalue weighted by Gasteiger charge is -2.29. The lowest BCUT2D eigenvalue weighted by Crippen LogP contribution is -2.45. The van der Waals surface area contributed by atoms with E-state index in [9.17, 15) is 18.4 Å². The maximum absolute atomic E-state index is 14.0. The van der Waals surface area contributed by atoms with Crippen molar-refractivity contribution in [3.8, 4) is 0 Å². The van der Waals surface area contributed by atoms with Gasteiger partial charge in [0.15, 0.2) is 0 Å². The molecule has 0 spiro atoms. The van der Waals surface area contributed by atoms with Gasteiger partial charge in [0.25, 0.3) is 5.91 Å². The summed E-state index contributed by atoms with van der Waals surface area (Å²) in [5.41, 5.74) is 0.961. The van der Waals surface area contributed by atoms with Crippen LogP contribution in [0.15, 0.2) is 72.8 Å². The zero-order valence-corrected chi connectivity index (χ0v) is 17.7. The lowest BCUT2D eigenvalue weighted by atomic mass is 10.1. The fourth-order valence-corrected chi connectivity index (χ4v) is 5.04. The standard InChI is InChI=1S/C23H17ClF2N2O2S/c24-17-6-2-1-5-16(17)22(30)28-20(21(29)27-19-8-4-3-7-18(19)26)13-31-23(28)14-9-11-15(25)12-10-14/h1-12,20,23H,13H2,(H,27,29). The van der Waals surface area contributed by atoms with E-state index in [1.807, 2.05) is 0 Å². The first kappa shape index (κ1) is 21.3. The largest absolute Gasteiger partial charge is 0.322 e. The van der Waals surface area contributed by atoms with Crippen molar-refractivity contribution in [2.45, 2.75) is 11.4 Å². The molecule has 3 aromatic carbocycles. The van der Waals surface area contributed by atoms with E-state index < -0.39 is 34.9 Å². The Morgan fingerprint density at radius 1 is 0.968 bits per heavy atom. The van der Waals surface area contributed by atoms with Crippen LogP contribution in [-0.2, 0) is 4.79 Å². The van der Waals surface area contributed by atoms with Gasteiger partial charge >= 0.3 is 0 Å². The highest BCUT2D eigenvalue weighted by atomic mass is 35.5. The third kappa shape index (κ3) is 4.43. The Balaban J connectivity index is 1.69. The molecule has 31 heavy (non-hydrogen) atoms. The average molecular weight is 459 g/mol. The summed E-state index contributed by atoms with van der Waals surface area (Å²) >= 11 is 7.61. The van der Waals surface area contributed by atoms with E-state index in [0.717, 1.165) is 0 Å². The number of anilines is 1. The number of para-hydroxylation sites is 1. The van der Waals surface area contributed by atoms with Crippen LogP contribution in [0.4, 0.5) is 14.5 Å². The molecule has 1 fully saturated rings. The van der Waals surface area contributed by atoms with Gasteiger partial charge in [0.2, 0.25) is 5.91 Å². The van der Waals surface area contributed by atoms with Crippen LogP contribution in [0, 0.1) is 11.6 Å². The number of amides is 2. The van der Waals surface area contributed by atoms with Gasteiger partial charge in [0.1, 0.15) is 23.1 Å². The number of carbonyl (C=O) groups is 2. The zero-order valence-electron chi connectivity index (χ0n) is 16.1. The Hall–Kier alpha value is -2.90. The number of nitrogens with zero attached hydrogens (tertiary/aromatic N) is 1. The topological polar surface area (TPSA) is 49.4 Å². The number of benzene rings is 3. The normalized spacial score (nSPS) is 18.1. The molecule has 0 radical (unpaired) electrons. The fourth-order valence-electron chi connectivity index (χ4n) is 3.39. The minimum Gasteiger partial charge on any atom is -0.322 e. The van der Waals surface area contributed by atoms with Gasteiger partial charge in [-0.25, -0.2) is 8.78 Å². The van der Waals surface area contributed by atoms with Crippen LogP contribution >= 0.6 is 23.4 Å². The van der Waals surface area contributed by atoms with Crippen molar-refractivity contribution in [3.63, 3.8) is 0 Å². The Morgan fingerprint density at radius 3 is 2.35 bits per heavy atom. The number of hydrogen-bond acceptors (Lipinski definition) is 3. The van der Waals surface area contributed by atoms with Crippen LogP contribution in [-0.4, -0.2) is 28.5 Å². The quantitative estimate of drug-likeness (QED) is 0.560. The second-order valence-electron chi connectivity index (χ2n) is 6.91. The van der Waals surface area contributed by atoms with E-state index in [4.69, 9.17) is 11.6 Å². The van der Waals surface area contributed by atoms with Gasteiger partial charge < -0.3 is 10.2 Å². The molecule has 0 bridgehead atoms. The van der Waals surface area contributed by atoms with Crippen LogP contribution < -0.4 is 5.32 Å². The molecule has 0 aliphatic carbocycles. The molecular formula is C23H17ClF2N2O2S. The van der Waals surface area contributed by atoms with E-state index in [0.29, 0.717) is 11.3 Å². The summed E-state index contributed by atoms with van der Waals surface area (Å²) in [5.74, 6) is -1.62. The maximum atomic E-state index is 14.0. The zero-order chi connectivity index (χ0) is 22.0. The number of halogens is 3. The van der Waals surface area contributed by atoms with Gasteiger partial charge in [-0.3, -0.25) is 9.59 Å². The van der Waals surface area contributed by atoms with Crippen molar-refractivity contribution in [2.75, 3.05) is 11.1 Å². The van der Waals surface area contributed by atoms with Crippen molar-refractivity contribution >= 4 is 40.9 Å². The average Bonchev–Trinajstić information content (AvgIpc) is 3.21.